The lowest BCUT2D eigenvalue weighted by molar-refractivity contribution is 0.237. The minimum absolute atomic E-state index is 0.0448. The highest BCUT2D eigenvalue weighted by molar-refractivity contribution is 9.10. The molecule has 0 saturated heterocycles. The predicted molar refractivity (Wildman–Crippen MR) is 97.9 cm³/mol. The van der Waals surface area contributed by atoms with Crippen molar-refractivity contribution < 1.29 is 14.2 Å². The molecule has 130 valence electrons. The first-order valence-corrected chi connectivity index (χ1v) is 8.90. The minimum atomic E-state index is -0.369. The zero-order valence-electron chi connectivity index (χ0n) is 13.4. The second-order valence-corrected chi connectivity index (χ2v) is 6.77. The molecule has 0 radical (unpaired) electrons. The Balaban J connectivity index is 2.08. The van der Waals surface area contributed by atoms with E-state index in [9.17, 15) is 9.50 Å². The molecule has 3 nitrogen and oxygen atoms in total. The van der Waals surface area contributed by atoms with E-state index in [0.29, 0.717) is 11.6 Å². The third-order valence-corrected chi connectivity index (χ3v) is 4.56. The van der Waals surface area contributed by atoms with Gasteiger partial charge in [-0.25, -0.2) is 4.39 Å². The van der Waals surface area contributed by atoms with Gasteiger partial charge in [-0.1, -0.05) is 40.5 Å². The molecule has 0 aromatic heterocycles. The Hall–Kier alpha value is -1.14. The summed E-state index contributed by atoms with van der Waals surface area (Å²) in [7, 11) is 0. The molecule has 0 unspecified atom stereocenters. The van der Waals surface area contributed by atoms with E-state index < -0.39 is 0 Å². The third-order valence-electron chi connectivity index (χ3n) is 3.72. The predicted octanol–water partition coefficient (Wildman–Crippen LogP) is 4.68. The van der Waals surface area contributed by atoms with Crippen LogP contribution in [0, 0.1) is 5.82 Å². The summed E-state index contributed by atoms with van der Waals surface area (Å²) in [5.41, 5.74) is 1.69. The van der Waals surface area contributed by atoms with Gasteiger partial charge in [-0.2, -0.15) is 0 Å². The van der Waals surface area contributed by atoms with Gasteiger partial charge < -0.3 is 15.2 Å². The summed E-state index contributed by atoms with van der Waals surface area (Å²) in [5.74, 6) is 0.353. The standard InChI is InChI=1S/C18H20BrClFNO2/c1-2-16(10-23)22-9-13-7-14(19)4-6-18(13)24-11-12-3-5-15(21)8-17(12)20/h3-8,16,22-23H,2,9-11H2,1H3/t16-/m1/s1. The smallest absolute Gasteiger partial charge is 0.124 e. The Morgan fingerprint density at radius 1 is 1.25 bits per heavy atom. The van der Waals surface area contributed by atoms with E-state index in [1.165, 1.54) is 12.1 Å². The maximum atomic E-state index is 13.1. The normalized spacial score (nSPS) is 12.2. The molecule has 6 heteroatoms. The second kappa shape index (κ2) is 9.37. The molecule has 0 saturated carbocycles. The third kappa shape index (κ3) is 5.45. The van der Waals surface area contributed by atoms with Crippen molar-refractivity contribution in [1.29, 1.82) is 0 Å². The van der Waals surface area contributed by atoms with Crippen molar-refractivity contribution in [3.8, 4) is 5.75 Å². The lowest BCUT2D eigenvalue weighted by atomic mass is 10.1. The van der Waals surface area contributed by atoms with Gasteiger partial charge in [0, 0.05) is 28.2 Å². The van der Waals surface area contributed by atoms with Crippen LogP contribution in [0.4, 0.5) is 4.39 Å². The fourth-order valence-electron chi connectivity index (χ4n) is 2.21. The van der Waals surface area contributed by atoms with Crippen LogP contribution in [0.25, 0.3) is 0 Å². The van der Waals surface area contributed by atoms with E-state index >= 15 is 0 Å². The van der Waals surface area contributed by atoms with Gasteiger partial charge in [-0.15, -0.1) is 0 Å². The molecule has 0 spiro atoms. The van der Waals surface area contributed by atoms with Crippen LogP contribution in [0.5, 0.6) is 5.75 Å². The number of nitrogens with one attached hydrogen (secondary N) is 1. The van der Waals surface area contributed by atoms with Gasteiger partial charge in [0.05, 0.1) is 11.6 Å². The number of aliphatic hydroxyl groups excluding tert-OH is 1. The molecule has 1 atom stereocenters. The van der Waals surface area contributed by atoms with E-state index in [1.54, 1.807) is 6.07 Å². The molecule has 0 heterocycles. The number of ether oxygens (including phenoxy) is 1. The van der Waals surface area contributed by atoms with Crippen molar-refractivity contribution in [1.82, 2.24) is 5.32 Å². The van der Waals surface area contributed by atoms with Crippen LogP contribution in [-0.2, 0) is 13.2 Å². The summed E-state index contributed by atoms with van der Waals surface area (Å²) in [5, 5.41) is 12.9. The van der Waals surface area contributed by atoms with Gasteiger partial charge >= 0.3 is 0 Å². The van der Waals surface area contributed by atoms with Crippen molar-refractivity contribution in [3.05, 3.63) is 62.8 Å². The molecule has 2 N–H and O–H groups in total. The van der Waals surface area contributed by atoms with Gasteiger partial charge in [0.15, 0.2) is 0 Å². The van der Waals surface area contributed by atoms with Crippen molar-refractivity contribution in [2.24, 2.45) is 0 Å². The van der Waals surface area contributed by atoms with E-state index in [4.69, 9.17) is 16.3 Å². The molecule has 0 amide bonds. The first kappa shape index (κ1) is 19.2. The summed E-state index contributed by atoms with van der Waals surface area (Å²) in [6.45, 7) is 2.94. The summed E-state index contributed by atoms with van der Waals surface area (Å²) >= 11 is 9.49. The molecule has 0 bridgehead atoms. The fraction of sp³-hybridized carbons (Fsp3) is 0.333. The number of hydrogen-bond donors (Lipinski definition) is 2. The topological polar surface area (TPSA) is 41.5 Å². The van der Waals surface area contributed by atoms with Crippen LogP contribution >= 0.6 is 27.5 Å². The maximum Gasteiger partial charge on any atom is 0.124 e. The van der Waals surface area contributed by atoms with Crippen LogP contribution in [0.1, 0.15) is 24.5 Å². The number of hydrogen-bond acceptors (Lipinski definition) is 3. The van der Waals surface area contributed by atoms with E-state index in [-0.39, 0.29) is 25.1 Å². The van der Waals surface area contributed by atoms with Crippen LogP contribution in [0.2, 0.25) is 5.02 Å². The second-order valence-electron chi connectivity index (χ2n) is 5.45. The minimum Gasteiger partial charge on any atom is -0.489 e. The lowest BCUT2D eigenvalue weighted by Crippen LogP contribution is -2.31. The van der Waals surface area contributed by atoms with Crippen molar-refractivity contribution >= 4 is 27.5 Å². The molecule has 2 aromatic carbocycles. The van der Waals surface area contributed by atoms with E-state index in [1.807, 2.05) is 25.1 Å². The Labute approximate surface area is 154 Å². The highest BCUT2D eigenvalue weighted by Gasteiger charge is 2.10. The molecule has 0 aliphatic carbocycles. The average Bonchev–Trinajstić information content (AvgIpc) is 2.56. The van der Waals surface area contributed by atoms with Gasteiger partial charge in [-0.3, -0.25) is 0 Å². The van der Waals surface area contributed by atoms with Gasteiger partial charge in [0.2, 0.25) is 0 Å². The number of halogens is 3. The van der Waals surface area contributed by atoms with Crippen molar-refractivity contribution in [2.45, 2.75) is 32.5 Å². The molecular weight excluding hydrogens is 397 g/mol. The Kier molecular flexibility index (Phi) is 7.49. The van der Waals surface area contributed by atoms with Crippen LogP contribution < -0.4 is 10.1 Å². The fourth-order valence-corrected chi connectivity index (χ4v) is 2.84. The van der Waals surface area contributed by atoms with Crippen LogP contribution in [0.15, 0.2) is 40.9 Å². The van der Waals surface area contributed by atoms with Crippen molar-refractivity contribution in [2.75, 3.05) is 6.61 Å². The average molecular weight is 417 g/mol. The summed E-state index contributed by atoms with van der Waals surface area (Å²) in [6.07, 6.45) is 0.839. The van der Waals surface area contributed by atoms with E-state index in [2.05, 4.69) is 21.2 Å². The number of aliphatic hydroxyl groups is 1. The molecule has 0 fully saturated rings. The highest BCUT2D eigenvalue weighted by Crippen LogP contribution is 2.26. The monoisotopic (exact) mass is 415 g/mol. The summed E-state index contributed by atoms with van der Waals surface area (Å²) < 4.78 is 19.9. The van der Waals surface area contributed by atoms with Gasteiger partial charge in [-0.05, 0) is 36.8 Å². The molecule has 24 heavy (non-hydrogen) atoms. The lowest BCUT2D eigenvalue weighted by Gasteiger charge is -2.17. The molecule has 2 aromatic rings. The molecular formula is C18H20BrClFNO2. The quantitative estimate of drug-likeness (QED) is 0.656. The summed E-state index contributed by atoms with van der Waals surface area (Å²) in [4.78, 5) is 0. The Bertz CT molecular complexity index is 680. The largest absolute Gasteiger partial charge is 0.489 e. The van der Waals surface area contributed by atoms with E-state index in [0.717, 1.165) is 27.8 Å². The maximum absolute atomic E-state index is 13.1. The Morgan fingerprint density at radius 3 is 2.71 bits per heavy atom. The number of benzene rings is 2. The first-order valence-electron chi connectivity index (χ1n) is 7.72. The zero-order chi connectivity index (χ0) is 17.5. The van der Waals surface area contributed by atoms with Gasteiger partial charge in [0.25, 0.3) is 0 Å². The highest BCUT2D eigenvalue weighted by atomic mass is 79.9. The first-order chi connectivity index (χ1) is 11.5. The SMILES string of the molecule is CC[C@H](CO)NCc1cc(Br)ccc1OCc1ccc(F)cc1Cl. The van der Waals surface area contributed by atoms with Crippen LogP contribution in [-0.4, -0.2) is 17.8 Å². The molecule has 0 aliphatic rings. The summed E-state index contributed by atoms with van der Waals surface area (Å²) in [6, 6.07) is 10.0. The van der Waals surface area contributed by atoms with Crippen LogP contribution in [0.3, 0.4) is 0 Å². The van der Waals surface area contributed by atoms with Crippen molar-refractivity contribution in [3.63, 3.8) is 0 Å². The Morgan fingerprint density at radius 2 is 2.04 bits per heavy atom. The van der Waals surface area contributed by atoms with Gasteiger partial charge in [0.1, 0.15) is 18.2 Å². The zero-order valence-corrected chi connectivity index (χ0v) is 15.7. The number of rotatable bonds is 8. The molecule has 0 aliphatic heterocycles. The molecule has 2 rings (SSSR count).